The fraction of sp³-hybridized carbons (Fsp3) is 0. The largest absolute Gasteiger partial charge is 0.464 e. The van der Waals surface area contributed by atoms with E-state index < -0.39 is 5.56 Å². The van der Waals surface area contributed by atoms with Crippen LogP contribution >= 0.6 is 0 Å². The zero-order chi connectivity index (χ0) is 23.1. The molecule has 7 nitrogen and oxygen atoms in total. The van der Waals surface area contributed by atoms with Gasteiger partial charge in [0.25, 0.3) is 0 Å². The lowest BCUT2D eigenvalue weighted by atomic mass is 10.0. The first-order valence-electron chi connectivity index (χ1n) is 10.4. The molecule has 6 rings (SSSR count). The third kappa shape index (κ3) is 3.38. The van der Waals surface area contributed by atoms with Gasteiger partial charge in [-0.25, -0.2) is 14.4 Å². The zero-order valence-corrected chi connectivity index (χ0v) is 17.6. The van der Waals surface area contributed by atoms with Crippen LogP contribution in [0.2, 0.25) is 0 Å². The van der Waals surface area contributed by atoms with Gasteiger partial charge in [-0.15, -0.1) is 0 Å². The summed E-state index contributed by atoms with van der Waals surface area (Å²) in [5.41, 5.74) is 3.09. The van der Waals surface area contributed by atoms with Gasteiger partial charge in [0.05, 0.1) is 23.6 Å². The van der Waals surface area contributed by atoms with Crippen LogP contribution in [0.3, 0.4) is 0 Å². The second kappa shape index (κ2) is 7.93. The molecule has 0 saturated heterocycles. The minimum absolute atomic E-state index is 0.0271. The van der Waals surface area contributed by atoms with Crippen molar-refractivity contribution in [3.8, 4) is 22.6 Å². The number of hydrogen-bond acceptors (Lipinski definition) is 6. The fourth-order valence-corrected chi connectivity index (χ4v) is 3.76. The van der Waals surface area contributed by atoms with Crippen LogP contribution in [0.1, 0.15) is 5.56 Å². The van der Waals surface area contributed by atoms with Gasteiger partial charge >= 0.3 is 5.56 Å². The Morgan fingerprint density at radius 3 is 2.59 bits per heavy atom. The summed E-state index contributed by atoms with van der Waals surface area (Å²) in [6.45, 7) is 0. The summed E-state index contributed by atoms with van der Waals surface area (Å²) in [5, 5.41) is 4.74. The SMILES string of the molecule is O=c1c2oc3nc(-c4ccccc4)cc(-c4ccco4)c3c2ncn1/N=C\c1ccc(F)cc1. The van der Waals surface area contributed by atoms with Gasteiger partial charge in [-0.05, 0) is 35.9 Å². The van der Waals surface area contributed by atoms with E-state index in [1.165, 1.54) is 24.7 Å². The van der Waals surface area contributed by atoms with E-state index in [2.05, 4.69) is 15.1 Å². The van der Waals surface area contributed by atoms with Crippen LogP contribution in [0.25, 0.3) is 44.8 Å². The molecular weight excluding hydrogens is 435 g/mol. The number of pyridine rings is 1. The van der Waals surface area contributed by atoms with Gasteiger partial charge in [0.15, 0.2) is 0 Å². The maximum absolute atomic E-state index is 13.1. The highest BCUT2D eigenvalue weighted by molar-refractivity contribution is 6.09. The van der Waals surface area contributed by atoms with Crippen LogP contribution in [0.15, 0.2) is 104 Å². The number of halogens is 1. The number of nitrogens with zero attached hydrogens (tertiary/aromatic N) is 4. The van der Waals surface area contributed by atoms with Crippen LogP contribution in [-0.2, 0) is 0 Å². The van der Waals surface area contributed by atoms with Crippen molar-refractivity contribution in [3.05, 3.63) is 107 Å². The molecule has 0 saturated carbocycles. The Labute approximate surface area is 191 Å². The van der Waals surface area contributed by atoms with Gasteiger partial charge < -0.3 is 8.83 Å². The van der Waals surface area contributed by atoms with Crippen molar-refractivity contribution in [2.75, 3.05) is 0 Å². The number of benzene rings is 2. The van der Waals surface area contributed by atoms with E-state index in [4.69, 9.17) is 8.83 Å². The Hall–Kier alpha value is -4.85. The highest BCUT2D eigenvalue weighted by Gasteiger charge is 2.21. The lowest BCUT2D eigenvalue weighted by Gasteiger charge is -2.05. The molecule has 0 atom stereocenters. The minimum Gasteiger partial charge on any atom is -0.464 e. The van der Waals surface area contributed by atoms with Crippen molar-refractivity contribution in [3.63, 3.8) is 0 Å². The van der Waals surface area contributed by atoms with Crippen LogP contribution in [0, 0.1) is 5.82 Å². The number of hydrogen-bond donors (Lipinski definition) is 0. The topological polar surface area (TPSA) is 86.4 Å². The third-order valence-electron chi connectivity index (χ3n) is 5.39. The van der Waals surface area contributed by atoms with Crippen molar-refractivity contribution in [1.29, 1.82) is 0 Å². The molecule has 0 spiro atoms. The van der Waals surface area contributed by atoms with Gasteiger partial charge in [0, 0.05) is 11.1 Å². The van der Waals surface area contributed by atoms with Crippen LogP contribution < -0.4 is 5.56 Å². The molecule has 164 valence electrons. The van der Waals surface area contributed by atoms with Crippen molar-refractivity contribution in [1.82, 2.24) is 14.6 Å². The Morgan fingerprint density at radius 1 is 1.00 bits per heavy atom. The maximum Gasteiger partial charge on any atom is 0.317 e. The van der Waals surface area contributed by atoms with Gasteiger partial charge in [0.2, 0.25) is 11.3 Å². The molecule has 2 aromatic carbocycles. The molecule has 0 aliphatic heterocycles. The van der Waals surface area contributed by atoms with E-state index in [0.29, 0.717) is 33.5 Å². The molecule has 6 aromatic rings. The quantitative estimate of drug-likeness (QED) is 0.332. The Kier molecular flexibility index (Phi) is 4.62. The number of fused-ring (bicyclic) bond motifs is 3. The molecule has 0 radical (unpaired) electrons. The van der Waals surface area contributed by atoms with Crippen molar-refractivity contribution >= 4 is 28.4 Å². The molecule has 0 aliphatic carbocycles. The summed E-state index contributed by atoms with van der Waals surface area (Å²) in [6, 6.07) is 20.9. The summed E-state index contributed by atoms with van der Waals surface area (Å²) >= 11 is 0. The number of furan rings is 2. The fourth-order valence-electron chi connectivity index (χ4n) is 3.76. The molecule has 34 heavy (non-hydrogen) atoms. The summed E-state index contributed by atoms with van der Waals surface area (Å²) in [4.78, 5) is 22.2. The average molecular weight is 450 g/mol. The predicted molar refractivity (Wildman–Crippen MR) is 126 cm³/mol. The number of aromatic nitrogens is 3. The summed E-state index contributed by atoms with van der Waals surface area (Å²) in [5.74, 6) is 0.252. The van der Waals surface area contributed by atoms with Crippen molar-refractivity contribution in [2.45, 2.75) is 0 Å². The van der Waals surface area contributed by atoms with Gasteiger partial charge in [-0.2, -0.15) is 9.78 Å². The molecule has 0 aliphatic rings. The second-order valence-corrected chi connectivity index (χ2v) is 7.55. The molecule has 8 heteroatoms. The molecular formula is C26H15FN4O3. The van der Waals surface area contributed by atoms with E-state index in [9.17, 15) is 9.18 Å². The lowest BCUT2D eigenvalue weighted by molar-refractivity contribution is 0.582. The summed E-state index contributed by atoms with van der Waals surface area (Å²) < 4.78 is 25.8. The summed E-state index contributed by atoms with van der Waals surface area (Å²) in [6.07, 6.45) is 4.34. The summed E-state index contributed by atoms with van der Waals surface area (Å²) in [7, 11) is 0. The number of rotatable bonds is 4. The van der Waals surface area contributed by atoms with E-state index in [1.54, 1.807) is 24.5 Å². The van der Waals surface area contributed by atoms with E-state index in [0.717, 1.165) is 10.2 Å². The van der Waals surface area contributed by atoms with Crippen molar-refractivity contribution in [2.24, 2.45) is 5.10 Å². The lowest BCUT2D eigenvalue weighted by Crippen LogP contribution is -2.16. The Balaban J connectivity index is 1.55. The van der Waals surface area contributed by atoms with Crippen LogP contribution in [0.4, 0.5) is 4.39 Å². The molecule has 0 fully saturated rings. The van der Waals surface area contributed by atoms with Gasteiger partial charge in [0.1, 0.15) is 23.4 Å². The second-order valence-electron chi connectivity index (χ2n) is 7.55. The van der Waals surface area contributed by atoms with E-state index >= 15 is 0 Å². The van der Waals surface area contributed by atoms with Crippen LogP contribution in [0.5, 0.6) is 0 Å². The Bertz CT molecular complexity index is 1720. The monoisotopic (exact) mass is 450 g/mol. The standard InChI is InChI=1S/C26H15FN4O3/c27-18-10-8-16(9-11-18)14-29-31-15-28-23-22-19(21-7-4-12-33-21)13-20(17-5-2-1-3-6-17)30-25(22)34-24(23)26(31)32/h1-15H/b29-14-. The zero-order valence-electron chi connectivity index (χ0n) is 17.6. The van der Waals surface area contributed by atoms with Crippen molar-refractivity contribution < 1.29 is 13.2 Å². The normalized spacial score (nSPS) is 11.7. The van der Waals surface area contributed by atoms with Crippen LogP contribution in [-0.4, -0.2) is 20.9 Å². The predicted octanol–water partition coefficient (Wildman–Crippen LogP) is 5.49. The molecule has 4 aromatic heterocycles. The smallest absolute Gasteiger partial charge is 0.317 e. The molecule has 0 bridgehead atoms. The first-order valence-corrected chi connectivity index (χ1v) is 10.4. The molecule has 0 unspecified atom stereocenters. The van der Waals surface area contributed by atoms with E-state index in [1.807, 2.05) is 42.5 Å². The highest BCUT2D eigenvalue weighted by atomic mass is 19.1. The minimum atomic E-state index is -0.493. The maximum atomic E-state index is 13.1. The van der Waals surface area contributed by atoms with Gasteiger partial charge in [-0.1, -0.05) is 42.5 Å². The first kappa shape index (κ1) is 19.8. The Morgan fingerprint density at radius 2 is 1.82 bits per heavy atom. The highest BCUT2D eigenvalue weighted by Crippen LogP contribution is 2.36. The molecule has 0 amide bonds. The average Bonchev–Trinajstić information content (AvgIpc) is 3.53. The third-order valence-corrected chi connectivity index (χ3v) is 5.39. The van der Waals surface area contributed by atoms with Gasteiger partial charge in [-0.3, -0.25) is 4.79 Å². The molecule has 4 heterocycles. The first-order chi connectivity index (χ1) is 16.7. The molecule has 0 N–H and O–H groups in total. The van der Waals surface area contributed by atoms with E-state index in [-0.39, 0.29) is 17.1 Å².